The first-order valence-electron chi connectivity index (χ1n) is 7.38. The molecule has 0 saturated carbocycles. The Morgan fingerprint density at radius 1 is 1.20 bits per heavy atom. The first kappa shape index (κ1) is 17.0. The van der Waals surface area contributed by atoms with Crippen LogP contribution in [0.2, 0.25) is 0 Å². The van der Waals surface area contributed by atoms with E-state index in [0.717, 1.165) is 4.90 Å². The van der Waals surface area contributed by atoms with E-state index in [1.165, 1.54) is 30.0 Å². The maximum absolute atomic E-state index is 12.4. The van der Waals surface area contributed by atoms with Crippen LogP contribution < -0.4 is 5.32 Å². The van der Waals surface area contributed by atoms with E-state index in [-0.39, 0.29) is 5.70 Å². The number of benzene rings is 1. The largest absolute Gasteiger partial charge is 0.480 e. The molecule has 25 heavy (non-hydrogen) atoms. The highest BCUT2D eigenvalue weighted by Crippen LogP contribution is 2.37. The highest BCUT2D eigenvalue weighted by molar-refractivity contribution is 8.00. The summed E-state index contributed by atoms with van der Waals surface area (Å²) in [6.07, 6.45) is 1.43. The van der Waals surface area contributed by atoms with Crippen LogP contribution in [0.15, 0.2) is 42.1 Å². The molecular weight excluding hydrogens is 348 g/mol. The number of fused-ring (bicyclic) bond motifs is 1. The van der Waals surface area contributed by atoms with Crippen LogP contribution >= 0.6 is 11.8 Å². The number of β-lactam (4-membered cyclic amide) rings is 1. The SMILES string of the molecule is O=C(O)C1=CCS[C@H]2C(NC(=O)C(C(=O)O)c3ccccc3)C(=O)N12. The third-order valence-electron chi connectivity index (χ3n) is 4.01. The highest BCUT2D eigenvalue weighted by Gasteiger charge is 2.53. The third kappa shape index (κ3) is 2.98. The molecule has 0 aromatic heterocycles. The second-order valence-corrected chi connectivity index (χ2v) is 6.64. The lowest BCUT2D eigenvalue weighted by molar-refractivity contribution is -0.152. The van der Waals surface area contributed by atoms with Crippen molar-refractivity contribution in [3.63, 3.8) is 0 Å². The van der Waals surface area contributed by atoms with Gasteiger partial charge in [0.25, 0.3) is 5.91 Å². The van der Waals surface area contributed by atoms with E-state index in [1.54, 1.807) is 18.2 Å². The fraction of sp³-hybridized carbons (Fsp3) is 0.250. The number of thioether (sulfide) groups is 1. The van der Waals surface area contributed by atoms with Crippen LogP contribution in [0.3, 0.4) is 0 Å². The number of rotatable bonds is 5. The molecule has 1 saturated heterocycles. The van der Waals surface area contributed by atoms with Gasteiger partial charge in [-0.3, -0.25) is 19.3 Å². The number of carboxylic acid groups (broad SMARTS) is 2. The standard InChI is InChI=1S/C16H14N2O6S/c19-12(10(16(23)24)8-4-2-1-3-5-8)17-11-13(20)18-9(15(21)22)6-7-25-14(11)18/h1-6,10-11,14H,7H2,(H,17,19)(H,21,22)(H,23,24)/t10?,11?,14-/m0/s1. The van der Waals surface area contributed by atoms with Crippen molar-refractivity contribution in [1.82, 2.24) is 10.2 Å². The van der Waals surface area contributed by atoms with Gasteiger partial charge in [0.05, 0.1) is 0 Å². The van der Waals surface area contributed by atoms with Crippen LogP contribution in [0.25, 0.3) is 0 Å². The first-order valence-corrected chi connectivity index (χ1v) is 8.43. The van der Waals surface area contributed by atoms with Crippen LogP contribution in [0.4, 0.5) is 0 Å². The molecule has 0 spiro atoms. The molecule has 2 aliphatic heterocycles. The van der Waals surface area contributed by atoms with Crippen LogP contribution in [-0.2, 0) is 19.2 Å². The minimum absolute atomic E-state index is 0.114. The third-order valence-corrected chi connectivity index (χ3v) is 5.19. The Kier molecular flexibility index (Phi) is 4.49. The van der Waals surface area contributed by atoms with Gasteiger partial charge >= 0.3 is 11.9 Å². The molecule has 1 fully saturated rings. The van der Waals surface area contributed by atoms with Crippen molar-refractivity contribution in [2.75, 3.05) is 5.75 Å². The van der Waals surface area contributed by atoms with Crippen molar-refractivity contribution in [3.05, 3.63) is 47.7 Å². The second-order valence-electron chi connectivity index (χ2n) is 5.49. The normalized spacial score (nSPS) is 23.0. The lowest BCUT2D eigenvalue weighted by Gasteiger charge is -2.48. The van der Waals surface area contributed by atoms with Gasteiger partial charge in [0.1, 0.15) is 17.1 Å². The zero-order valence-electron chi connectivity index (χ0n) is 12.8. The summed E-state index contributed by atoms with van der Waals surface area (Å²) in [6, 6.07) is 7.05. The molecular formula is C16H14N2O6S. The highest BCUT2D eigenvalue weighted by atomic mass is 32.2. The zero-order chi connectivity index (χ0) is 18.1. The fourth-order valence-electron chi connectivity index (χ4n) is 2.83. The lowest BCUT2D eigenvalue weighted by atomic mass is 9.97. The number of aliphatic carboxylic acids is 2. The Balaban J connectivity index is 1.76. The average molecular weight is 362 g/mol. The minimum Gasteiger partial charge on any atom is -0.480 e. The number of nitrogens with one attached hydrogen (secondary N) is 1. The maximum Gasteiger partial charge on any atom is 0.352 e. The van der Waals surface area contributed by atoms with Gasteiger partial charge in [-0.1, -0.05) is 30.3 Å². The molecule has 2 heterocycles. The Morgan fingerprint density at radius 2 is 1.88 bits per heavy atom. The summed E-state index contributed by atoms with van der Waals surface area (Å²) in [7, 11) is 0. The lowest BCUT2D eigenvalue weighted by Crippen LogP contribution is -2.70. The van der Waals surface area contributed by atoms with Gasteiger partial charge in [0.15, 0.2) is 5.92 Å². The molecule has 2 aliphatic rings. The number of carbonyl (C=O) groups excluding carboxylic acids is 2. The summed E-state index contributed by atoms with van der Waals surface area (Å²) >= 11 is 1.31. The summed E-state index contributed by atoms with van der Waals surface area (Å²) in [4.78, 5) is 48.4. The predicted molar refractivity (Wildman–Crippen MR) is 87.6 cm³/mol. The summed E-state index contributed by atoms with van der Waals surface area (Å²) in [6.45, 7) is 0. The van der Waals surface area contributed by atoms with Crippen molar-refractivity contribution in [1.29, 1.82) is 0 Å². The number of amides is 2. The van der Waals surface area contributed by atoms with Crippen molar-refractivity contribution >= 4 is 35.5 Å². The number of hydrogen-bond acceptors (Lipinski definition) is 5. The van der Waals surface area contributed by atoms with E-state index in [4.69, 9.17) is 5.11 Å². The number of carbonyl (C=O) groups is 4. The first-order chi connectivity index (χ1) is 11.9. The van der Waals surface area contributed by atoms with Crippen molar-refractivity contribution in [2.24, 2.45) is 0 Å². The van der Waals surface area contributed by atoms with Crippen molar-refractivity contribution in [2.45, 2.75) is 17.3 Å². The molecule has 2 unspecified atom stereocenters. The molecule has 0 aliphatic carbocycles. The van der Waals surface area contributed by atoms with E-state index in [9.17, 15) is 24.3 Å². The molecule has 8 nitrogen and oxygen atoms in total. The summed E-state index contributed by atoms with van der Waals surface area (Å²) in [5, 5.41) is 20.4. The number of carboxylic acids is 2. The number of nitrogens with zero attached hydrogens (tertiary/aromatic N) is 1. The predicted octanol–water partition coefficient (Wildman–Crippen LogP) is 0.223. The number of hydrogen-bond donors (Lipinski definition) is 3. The van der Waals surface area contributed by atoms with Gasteiger partial charge in [0.2, 0.25) is 5.91 Å². The van der Waals surface area contributed by atoms with Gasteiger partial charge < -0.3 is 15.5 Å². The second kappa shape index (κ2) is 6.60. The van der Waals surface area contributed by atoms with Crippen molar-refractivity contribution in [3.8, 4) is 0 Å². The zero-order valence-corrected chi connectivity index (χ0v) is 13.6. The molecule has 9 heteroatoms. The van der Waals surface area contributed by atoms with Gasteiger partial charge in [-0.25, -0.2) is 4.79 Å². The van der Waals surface area contributed by atoms with E-state index in [2.05, 4.69) is 5.32 Å². The van der Waals surface area contributed by atoms with Gasteiger partial charge in [-0.15, -0.1) is 11.8 Å². The van der Waals surface area contributed by atoms with Crippen LogP contribution in [0, 0.1) is 0 Å². The van der Waals surface area contributed by atoms with Crippen LogP contribution in [0.5, 0.6) is 0 Å². The molecule has 2 amide bonds. The Bertz CT molecular complexity index is 778. The monoisotopic (exact) mass is 362 g/mol. The van der Waals surface area contributed by atoms with E-state index in [0.29, 0.717) is 11.3 Å². The van der Waals surface area contributed by atoms with E-state index >= 15 is 0 Å². The van der Waals surface area contributed by atoms with E-state index in [1.807, 2.05) is 0 Å². The molecule has 3 rings (SSSR count). The maximum atomic E-state index is 12.4. The molecule has 1 aromatic carbocycles. The summed E-state index contributed by atoms with van der Waals surface area (Å²) in [5.41, 5.74) is 0.190. The van der Waals surface area contributed by atoms with Crippen LogP contribution in [-0.4, -0.2) is 56.0 Å². The Morgan fingerprint density at radius 3 is 2.48 bits per heavy atom. The van der Waals surface area contributed by atoms with E-state index < -0.39 is 41.1 Å². The molecule has 3 atom stereocenters. The Hall–Kier alpha value is -2.81. The smallest absolute Gasteiger partial charge is 0.352 e. The molecule has 0 radical (unpaired) electrons. The topological polar surface area (TPSA) is 124 Å². The van der Waals surface area contributed by atoms with Gasteiger partial charge in [-0.2, -0.15) is 0 Å². The van der Waals surface area contributed by atoms with Gasteiger partial charge in [-0.05, 0) is 11.6 Å². The summed E-state index contributed by atoms with van der Waals surface area (Å²) in [5.74, 6) is -4.94. The minimum atomic E-state index is -1.44. The molecule has 130 valence electrons. The van der Waals surface area contributed by atoms with Crippen molar-refractivity contribution < 1.29 is 29.4 Å². The molecule has 3 N–H and O–H groups in total. The molecule has 1 aromatic rings. The average Bonchev–Trinajstić information content (AvgIpc) is 2.59. The summed E-state index contributed by atoms with van der Waals surface area (Å²) < 4.78 is 0. The fourth-order valence-corrected chi connectivity index (χ4v) is 4.02. The van der Waals surface area contributed by atoms with Crippen LogP contribution in [0.1, 0.15) is 11.5 Å². The Labute approximate surface area is 146 Å². The quantitative estimate of drug-likeness (QED) is 0.506. The van der Waals surface area contributed by atoms with Gasteiger partial charge in [0, 0.05) is 5.75 Å². The molecule has 0 bridgehead atoms.